The first-order valence-corrected chi connectivity index (χ1v) is 5.13. The van der Waals surface area contributed by atoms with Crippen molar-refractivity contribution in [1.29, 1.82) is 0 Å². The van der Waals surface area contributed by atoms with Gasteiger partial charge in [-0.3, -0.25) is 4.79 Å². The largest absolute Gasteiger partial charge is 0.465 e. The van der Waals surface area contributed by atoms with E-state index in [4.69, 9.17) is 7.48 Å². The van der Waals surface area contributed by atoms with Crippen LogP contribution in [0.15, 0.2) is 12.5 Å². The van der Waals surface area contributed by atoms with Crippen LogP contribution in [0.1, 0.15) is 21.8 Å². The van der Waals surface area contributed by atoms with Crippen LogP contribution in [0, 0.1) is 11.8 Å². The molecule has 0 aliphatic carbocycles. The van der Waals surface area contributed by atoms with Crippen LogP contribution in [0.2, 0.25) is 0 Å². The Morgan fingerprint density at radius 1 is 1.80 bits per heavy atom. The maximum Gasteiger partial charge on any atom is 0.309 e. The topological polar surface area (TPSA) is 44.1 Å². The lowest BCUT2D eigenvalue weighted by Gasteiger charge is -2.12. The first-order chi connectivity index (χ1) is 7.95. The van der Waals surface area contributed by atoms with Gasteiger partial charge in [-0.2, -0.15) is 0 Å². The Balaban J connectivity index is 2.23. The molecule has 4 nitrogen and oxygen atoms in total. The Kier molecular flexibility index (Phi) is 2.13. The molecule has 0 spiro atoms. The van der Waals surface area contributed by atoms with Crippen molar-refractivity contribution >= 4 is 5.97 Å². The van der Waals surface area contributed by atoms with Gasteiger partial charge in [-0.05, 0) is 12.8 Å². The minimum absolute atomic E-state index is 0.361. The summed E-state index contributed by atoms with van der Waals surface area (Å²) < 4.78 is 22.2. The summed E-state index contributed by atoms with van der Waals surface area (Å²) in [5.41, 5.74) is 0.913. The number of rotatable bonds is 3. The molecule has 0 unspecified atom stereocenters. The van der Waals surface area contributed by atoms with Crippen molar-refractivity contribution in [1.82, 2.24) is 9.55 Å². The number of aromatic nitrogens is 2. The van der Waals surface area contributed by atoms with Crippen LogP contribution in [0.5, 0.6) is 0 Å². The van der Waals surface area contributed by atoms with E-state index >= 15 is 0 Å². The van der Waals surface area contributed by atoms with E-state index in [-0.39, 0.29) is 5.92 Å². The zero-order valence-electron chi connectivity index (χ0n) is 10.9. The summed E-state index contributed by atoms with van der Waals surface area (Å²) >= 11 is 0. The van der Waals surface area contributed by atoms with Gasteiger partial charge in [0.25, 0.3) is 0 Å². The molecule has 2 atom stereocenters. The monoisotopic (exact) mass is 210 g/mol. The maximum absolute atomic E-state index is 11.6. The first kappa shape index (κ1) is 7.91. The summed E-state index contributed by atoms with van der Waals surface area (Å²) in [6.45, 7) is 0.00556. The van der Waals surface area contributed by atoms with E-state index in [1.54, 1.807) is 12.5 Å². The molecular formula is C11H16N2O2. The van der Waals surface area contributed by atoms with E-state index in [2.05, 4.69) is 4.98 Å². The van der Waals surface area contributed by atoms with Gasteiger partial charge in [-0.25, -0.2) is 4.98 Å². The molecule has 0 N–H and O–H groups in total. The lowest BCUT2D eigenvalue weighted by Crippen LogP contribution is -2.18. The summed E-state index contributed by atoms with van der Waals surface area (Å²) in [5, 5.41) is 0. The van der Waals surface area contributed by atoms with Gasteiger partial charge in [0.05, 0.1) is 21.5 Å². The molecule has 82 valence electrons. The van der Waals surface area contributed by atoms with Crippen LogP contribution >= 0.6 is 0 Å². The third-order valence-electron chi connectivity index (χ3n) is 2.88. The summed E-state index contributed by atoms with van der Waals surface area (Å²) in [6.07, 6.45) is 4.43. The van der Waals surface area contributed by atoms with Gasteiger partial charge < -0.3 is 9.30 Å². The maximum atomic E-state index is 11.6. The normalized spacial score (nSPS) is 30.9. The summed E-state index contributed by atoms with van der Waals surface area (Å²) in [7, 11) is 1.86. The van der Waals surface area contributed by atoms with E-state index in [1.807, 2.05) is 18.5 Å². The fourth-order valence-electron chi connectivity index (χ4n) is 1.90. The fourth-order valence-corrected chi connectivity index (χ4v) is 1.90. The molecule has 0 bridgehead atoms. The third kappa shape index (κ3) is 1.89. The van der Waals surface area contributed by atoms with Crippen molar-refractivity contribution in [2.24, 2.45) is 18.9 Å². The molecule has 0 radical (unpaired) electrons. The SMILES string of the molecule is [2H]C1([2H])OC(=O)[C@@H](CC)[C@H]1Cc1cncn1C. The molecule has 1 aliphatic heterocycles. The molecule has 1 aromatic rings. The second kappa shape index (κ2) is 4.04. The lowest BCUT2D eigenvalue weighted by molar-refractivity contribution is -0.141. The number of esters is 1. The van der Waals surface area contributed by atoms with Crippen molar-refractivity contribution in [3.8, 4) is 0 Å². The number of nitrogens with zero attached hydrogens (tertiary/aromatic N) is 2. The minimum Gasteiger partial charge on any atom is -0.465 e. The lowest BCUT2D eigenvalue weighted by atomic mass is 9.89. The zero-order chi connectivity index (χ0) is 12.6. The second-order valence-corrected chi connectivity index (χ2v) is 3.86. The Morgan fingerprint density at radius 2 is 2.60 bits per heavy atom. The van der Waals surface area contributed by atoms with Crippen molar-refractivity contribution in [2.45, 2.75) is 19.8 Å². The van der Waals surface area contributed by atoms with E-state index in [0.29, 0.717) is 12.8 Å². The highest BCUT2D eigenvalue weighted by molar-refractivity contribution is 5.74. The fraction of sp³-hybridized carbons (Fsp3) is 0.636. The number of hydrogen-bond acceptors (Lipinski definition) is 3. The van der Waals surface area contributed by atoms with Gasteiger partial charge in [0.15, 0.2) is 0 Å². The molecule has 15 heavy (non-hydrogen) atoms. The molecule has 4 heteroatoms. The van der Waals surface area contributed by atoms with Crippen molar-refractivity contribution in [3.63, 3.8) is 0 Å². The number of ether oxygens (including phenoxy) is 1. The molecule has 0 saturated carbocycles. The molecule has 0 amide bonds. The first-order valence-electron chi connectivity index (χ1n) is 6.13. The van der Waals surface area contributed by atoms with Crippen LogP contribution in [0.25, 0.3) is 0 Å². The molecule has 2 heterocycles. The Labute approximate surface area is 92.1 Å². The summed E-state index contributed by atoms with van der Waals surface area (Å²) in [4.78, 5) is 15.6. The summed E-state index contributed by atoms with van der Waals surface area (Å²) in [6, 6.07) is 0. The Bertz CT molecular complexity index is 431. The van der Waals surface area contributed by atoms with Crippen LogP contribution in [-0.2, 0) is 23.0 Å². The number of carbonyl (C=O) groups excluding carboxylic acids is 1. The molecule has 1 saturated heterocycles. The Morgan fingerprint density at radius 3 is 3.20 bits per heavy atom. The summed E-state index contributed by atoms with van der Waals surface area (Å²) in [5.74, 6) is -1.22. The quantitative estimate of drug-likeness (QED) is 0.703. The predicted octanol–water partition coefficient (Wildman–Crippen LogP) is 1.16. The van der Waals surface area contributed by atoms with Crippen LogP contribution in [-0.4, -0.2) is 22.1 Å². The number of imidazole rings is 1. The van der Waals surface area contributed by atoms with Crippen LogP contribution in [0.3, 0.4) is 0 Å². The van der Waals surface area contributed by atoms with Crippen LogP contribution in [0.4, 0.5) is 0 Å². The molecule has 1 fully saturated rings. The third-order valence-corrected chi connectivity index (χ3v) is 2.88. The van der Waals surface area contributed by atoms with E-state index in [0.717, 1.165) is 5.69 Å². The minimum atomic E-state index is -1.87. The van der Waals surface area contributed by atoms with Gasteiger partial charge >= 0.3 is 5.97 Å². The Hall–Kier alpha value is -1.32. The molecular weight excluding hydrogens is 192 g/mol. The van der Waals surface area contributed by atoms with Crippen molar-refractivity contribution in [2.75, 3.05) is 6.56 Å². The van der Waals surface area contributed by atoms with Gasteiger partial charge in [-0.15, -0.1) is 0 Å². The number of cyclic esters (lactones) is 1. The number of carbonyl (C=O) groups is 1. The average Bonchev–Trinajstić information content (AvgIpc) is 2.71. The van der Waals surface area contributed by atoms with Crippen molar-refractivity contribution < 1.29 is 12.3 Å². The van der Waals surface area contributed by atoms with Crippen molar-refractivity contribution in [3.05, 3.63) is 18.2 Å². The molecule has 2 rings (SSSR count). The second-order valence-electron chi connectivity index (χ2n) is 3.86. The van der Waals surface area contributed by atoms with E-state index in [1.165, 1.54) is 0 Å². The number of aryl methyl sites for hydroxylation is 1. The highest BCUT2D eigenvalue weighted by atomic mass is 16.5. The van der Waals surface area contributed by atoms with E-state index < -0.39 is 18.4 Å². The standard InChI is InChI=1S/C11H16N2O2/c1-3-10-8(6-15-11(10)14)4-9-5-12-7-13(9)2/h5,7-8,10H,3-4,6H2,1-2H3/t8-,10-/m0/s1/i6D2. The van der Waals surface area contributed by atoms with Gasteiger partial charge in [0.1, 0.15) is 0 Å². The molecule has 1 aliphatic rings. The smallest absolute Gasteiger partial charge is 0.309 e. The van der Waals surface area contributed by atoms with Gasteiger partial charge in [0, 0.05) is 24.9 Å². The zero-order valence-corrected chi connectivity index (χ0v) is 8.93. The predicted molar refractivity (Wildman–Crippen MR) is 55.1 cm³/mol. The van der Waals surface area contributed by atoms with Gasteiger partial charge in [-0.1, -0.05) is 6.92 Å². The number of hydrogen-bond donors (Lipinski definition) is 0. The molecule has 0 aromatic carbocycles. The highest BCUT2D eigenvalue weighted by Gasteiger charge is 2.35. The van der Waals surface area contributed by atoms with Gasteiger partial charge in [0.2, 0.25) is 0 Å². The highest BCUT2D eigenvalue weighted by Crippen LogP contribution is 2.27. The van der Waals surface area contributed by atoms with Crippen LogP contribution < -0.4 is 0 Å². The van der Waals surface area contributed by atoms with E-state index in [9.17, 15) is 4.79 Å². The average molecular weight is 210 g/mol. The molecule has 1 aromatic heterocycles.